The molecule has 0 saturated heterocycles. The highest BCUT2D eigenvalue weighted by Crippen LogP contribution is 1.77. The molecule has 1 amide bonds. The summed E-state index contributed by atoms with van der Waals surface area (Å²) in [6.45, 7) is 1.36. The first-order valence-electron chi connectivity index (χ1n) is 3.32. The second-order valence-electron chi connectivity index (χ2n) is 2.22. The summed E-state index contributed by atoms with van der Waals surface area (Å²) in [5.41, 5.74) is 5.28. The van der Waals surface area contributed by atoms with Crippen molar-refractivity contribution in [2.75, 3.05) is 6.54 Å². The molecule has 0 radical (unpaired) electrons. The minimum absolute atomic E-state index is 0.0341. The Kier molecular flexibility index (Phi) is 4.60. The first-order chi connectivity index (χ1) is 5.57. The highest BCUT2D eigenvalue weighted by Gasteiger charge is 2.07. The first-order valence-corrected chi connectivity index (χ1v) is 3.32. The summed E-state index contributed by atoms with van der Waals surface area (Å²) in [5, 5.41) is 2.26. The first kappa shape index (κ1) is 10.6. The highest BCUT2D eigenvalue weighted by molar-refractivity contribution is 5.94. The Labute approximate surface area is 69.6 Å². The van der Waals surface area contributed by atoms with Crippen LogP contribution in [-0.4, -0.2) is 30.2 Å². The van der Waals surface area contributed by atoms with Crippen molar-refractivity contribution in [2.45, 2.75) is 13.0 Å². The van der Waals surface area contributed by atoms with E-state index < -0.39 is 11.9 Å². The number of ketones is 1. The summed E-state index contributed by atoms with van der Waals surface area (Å²) in [5.74, 6) is 0.495. The minimum Gasteiger partial charge on any atom is -0.350 e. The fourth-order valence-corrected chi connectivity index (χ4v) is 0.459. The average Bonchev–Trinajstić information content (AvgIpc) is 2.00. The summed E-state index contributed by atoms with van der Waals surface area (Å²) in [7, 11) is 0. The predicted octanol–water partition coefficient (Wildman–Crippen LogP) is -1.59. The Bertz CT molecular complexity index is 231. The van der Waals surface area contributed by atoms with Gasteiger partial charge in [-0.2, -0.15) is 0 Å². The summed E-state index contributed by atoms with van der Waals surface area (Å²) >= 11 is 0. The van der Waals surface area contributed by atoms with Crippen LogP contribution in [0, 0.1) is 0 Å². The van der Waals surface area contributed by atoms with E-state index in [2.05, 4.69) is 5.32 Å². The molecule has 0 saturated carbocycles. The van der Waals surface area contributed by atoms with Crippen molar-refractivity contribution in [3.63, 3.8) is 0 Å². The van der Waals surface area contributed by atoms with Crippen LogP contribution in [0.5, 0.6) is 0 Å². The average molecular weight is 170 g/mol. The van der Waals surface area contributed by atoms with Crippen molar-refractivity contribution in [2.24, 2.45) is 5.73 Å². The van der Waals surface area contributed by atoms with Crippen LogP contribution in [-0.2, 0) is 14.4 Å². The second-order valence-corrected chi connectivity index (χ2v) is 2.22. The van der Waals surface area contributed by atoms with Gasteiger partial charge in [-0.15, -0.1) is 0 Å². The number of amides is 1. The van der Waals surface area contributed by atoms with Crippen LogP contribution in [0.15, 0.2) is 6.08 Å². The Morgan fingerprint density at radius 3 is 2.67 bits per heavy atom. The molecule has 0 aromatic heterocycles. The maximum absolute atomic E-state index is 10.6. The largest absolute Gasteiger partial charge is 0.350 e. The summed E-state index contributed by atoms with van der Waals surface area (Å²) in [6, 6.07) is -0.714. The molecule has 0 heterocycles. The third-order valence-corrected chi connectivity index (χ3v) is 1.21. The van der Waals surface area contributed by atoms with E-state index in [1.165, 1.54) is 12.9 Å². The van der Waals surface area contributed by atoms with Crippen LogP contribution in [0.4, 0.5) is 0 Å². The lowest BCUT2D eigenvalue weighted by molar-refractivity contribution is -0.118. The van der Waals surface area contributed by atoms with E-state index in [0.717, 1.165) is 0 Å². The number of hydrogen-bond donors (Lipinski definition) is 2. The maximum atomic E-state index is 10.6. The van der Waals surface area contributed by atoms with Gasteiger partial charge in [0.15, 0.2) is 0 Å². The molecule has 0 aliphatic heterocycles. The molecule has 5 heteroatoms. The quantitative estimate of drug-likeness (QED) is 0.393. The predicted molar refractivity (Wildman–Crippen MR) is 41.9 cm³/mol. The number of Topliss-reactive ketones (excluding diaryl/α,β-unsaturated/α-hetero) is 1. The minimum atomic E-state index is -0.714. The standard InChI is InChI=1S/C7H10N2O3/c1-5(11)6(8)4-9-7(12)2-3-10/h2,6H,4,8H2,1H3,(H,9,12). The highest BCUT2D eigenvalue weighted by atomic mass is 16.2. The molecule has 12 heavy (non-hydrogen) atoms. The van der Waals surface area contributed by atoms with E-state index >= 15 is 0 Å². The molecule has 0 spiro atoms. The maximum Gasteiger partial charge on any atom is 0.255 e. The molecule has 0 aromatic carbocycles. The van der Waals surface area contributed by atoms with Crippen LogP contribution < -0.4 is 11.1 Å². The van der Waals surface area contributed by atoms with Crippen molar-refractivity contribution in [1.82, 2.24) is 5.32 Å². The molecule has 3 N–H and O–H groups in total. The van der Waals surface area contributed by atoms with E-state index in [0.29, 0.717) is 6.08 Å². The molecule has 0 fully saturated rings. The molecule has 1 unspecified atom stereocenters. The lowest BCUT2D eigenvalue weighted by Crippen LogP contribution is -2.41. The SMILES string of the molecule is CC(=O)C(N)CNC(=O)C=C=O. The third kappa shape index (κ3) is 4.38. The van der Waals surface area contributed by atoms with E-state index in [1.807, 2.05) is 0 Å². The second kappa shape index (κ2) is 5.23. The lowest BCUT2D eigenvalue weighted by Gasteiger charge is -2.06. The number of nitrogens with one attached hydrogen (secondary N) is 1. The van der Waals surface area contributed by atoms with Gasteiger partial charge in [-0.1, -0.05) is 0 Å². The van der Waals surface area contributed by atoms with Crippen LogP contribution in [0.3, 0.4) is 0 Å². The molecule has 0 aliphatic carbocycles. The zero-order chi connectivity index (χ0) is 9.56. The van der Waals surface area contributed by atoms with Crippen molar-refractivity contribution >= 4 is 17.6 Å². The van der Waals surface area contributed by atoms with Gasteiger partial charge in [0.05, 0.1) is 12.1 Å². The molecule has 1 atom stereocenters. The van der Waals surface area contributed by atoms with E-state index in [1.54, 1.807) is 0 Å². The molecule has 5 nitrogen and oxygen atoms in total. The Morgan fingerprint density at radius 2 is 2.25 bits per heavy atom. The van der Waals surface area contributed by atoms with Gasteiger partial charge in [0.1, 0.15) is 11.7 Å². The zero-order valence-corrected chi connectivity index (χ0v) is 6.66. The molecule has 0 aromatic rings. The fraction of sp³-hybridized carbons (Fsp3) is 0.429. The van der Waals surface area contributed by atoms with Gasteiger partial charge in [-0.3, -0.25) is 9.59 Å². The van der Waals surface area contributed by atoms with Gasteiger partial charge in [0.2, 0.25) is 0 Å². The summed E-state index contributed by atoms with van der Waals surface area (Å²) < 4.78 is 0. The molecule has 0 rings (SSSR count). The van der Waals surface area contributed by atoms with Crippen LogP contribution in [0.25, 0.3) is 0 Å². The summed E-state index contributed by atoms with van der Waals surface area (Å²) in [6.07, 6.45) is 0.701. The van der Waals surface area contributed by atoms with E-state index in [4.69, 9.17) is 5.73 Å². The smallest absolute Gasteiger partial charge is 0.255 e. The molecule has 66 valence electrons. The van der Waals surface area contributed by atoms with Gasteiger partial charge in [-0.25, -0.2) is 4.79 Å². The van der Waals surface area contributed by atoms with E-state index in [-0.39, 0.29) is 12.3 Å². The Hall–Kier alpha value is -1.45. The normalized spacial score (nSPS) is 11.2. The van der Waals surface area contributed by atoms with Crippen LogP contribution >= 0.6 is 0 Å². The number of carbonyl (C=O) groups excluding carboxylic acids is 3. The molecular formula is C7H10N2O3. The van der Waals surface area contributed by atoms with Gasteiger partial charge >= 0.3 is 0 Å². The van der Waals surface area contributed by atoms with Gasteiger partial charge in [0, 0.05) is 6.54 Å². The topological polar surface area (TPSA) is 89.3 Å². The number of rotatable bonds is 4. The van der Waals surface area contributed by atoms with Gasteiger partial charge in [0.25, 0.3) is 5.91 Å². The third-order valence-electron chi connectivity index (χ3n) is 1.21. The van der Waals surface area contributed by atoms with Crippen molar-refractivity contribution in [3.8, 4) is 0 Å². The van der Waals surface area contributed by atoms with Crippen molar-refractivity contribution < 1.29 is 14.4 Å². The molecule has 0 aliphatic rings. The number of carbonyl (C=O) groups is 2. The molecule has 0 bridgehead atoms. The van der Waals surface area contributed by atoms with Crippen molar-refractivity contribution in [1.29, 1.82) is 0 Å². The fourth-order valence-electron chi connectivity index (χ4n) is 0.459. The lowest BCUT2D eigenvalue weighted by atomic mass is 10.2. The monoisotopic (exact) mass is 170 g/mol. The Balaban J connectivity index is 3.75. The van der Waals surface area contributed by atoms with Crippen LogP contribution in [0.2, 0.25) is 0 Å². The van der Waals surface area contributed by atoms with Gasteiger partial charge in [-0.05, 0) is 6.92 Å². The van der Waals surface area contributed by atoms with Crippen molar-refractivity contribution in [3.05, 3.63) is 6.08 Å². The molecular weight excluding hydrogens is 160 g/mol. The number of nitrogens with two attached hydrogens (primary N) is 1. The van der Waals surface area contributed by atoms with E-state index in [9.17, 15) is 14.4 Å². The van der Waals surface area contributed by atoms with Gasteiger partial charge < -0.3 is 11.1 Å². The zero-order valence-electron chi connectivity index (χ0n) is 6.66. The number of hydrogen-bond acceptors (Lipinski definition) is 4. The Morgan fingerprint density at radius 1 is 1.67 bits per heavy atom. The summed E-state index contributed by atoms with van der Waals surface area (Å²) in [4.78, 5) is 30.8. The van der Waals surface area contributed by atoms with Crippen LogP contribution in [0.1, 0.15) is 6.92 Å².